The molecule has 33 heavy (non-hydrogen) atoms. The van der Waals surface area contributed by atoms with Crippen LogP contribution in [0.25, 0.3) is 10.8 Å². The van der Waals surface area contributed by atoms with E-state index < -0.39 is 0 Å². The highest BCUT2D eigenvalue weighted by Gasteiger charge is 2.38. The van der Waals surface area contributed by atoms with Crippen molar-refractivity contribution in [2.24, 2.45) is 0 Å². The summed E-state index contributed by atoms with van der Waals surface area (Å²) in [6.45, 7) is 0.788. The number of rotatable bonds is 7. The van der Waals surface area contributed by atoms with Gasteiger partial charge in [-0.2, -0.15) is 0 Å². The molecule has 0 saturated carbocycles. The highest BCUT2D eigenvalue weighted by atomic mass is 16.6. The Kier molecular flexibility index (Phi) is 5.90. The summed E-state index contributed by atoms with van der Waals surface area (Å²) >= 11 is 0. The predicted octanol–water partition coefficient (Wildman–Crippen LogP) is 3.77. The molecule has 1 saturated heterocycles. The summed E-state index contributed by atoms with van der Waals surface area (Å²) in [6, 6.07) is 22.2. The average Bonchev–Trinajstić information content (AvgIpc) is 3.21. The zero-order chi connectivity index (χ0) is 22.7. The van der Waals surface area contributed by atoms with Gasteiger partial charge >= 0.3 is 0 Å². The second kappa shape index (κ2) is 9.14. The Morgan fingerprint density at radius 2 is 1.82 bits per heavy atom. The number of nitrogens with one attached hydrogen (secondary N) is 2. The number of carbonyl (C=O) groups is 2. The van der Waals surface area contributed by atoms with Crippen LogP contribution < -0.4 is 20.1 Å². The number of para-hydroxylation sites is 2. The van der Waals surface area contributed by atoms with Gasteiger partial charge in [0.1, 0.15) is 12.7 Å². The average molecular weight is 445 g/mol. The highest BCUT2D eigenvalue weighted by molar-refractivity contribution is 5.83. The Bertz CT molecular complexity index is 1180. The fourth-order valence-corrected chi connectivity index (χ4v) is 4.75. The van der Waals surface area contributed by atoms with Gasteiger partial charge in [0.15, 0.2) is 11.5 Å². The summed E-state index contributed by atoms with van der Waals surface area (Å²) in [5.41, 5.74) is 0.781. The second-order valence-corrected chi connectivity index (χ2v) is 8.99. The van der Waals surface area contributed by atoms with Gasteiger partial charge in [0.05, 0.1) is 6.54 Å². The molecule has 3 aromatic rings. The van der Waals surface area contributed by atoms with Crippen LogP contribution in [0.5, 0.6) is 11.5 Å². The molecular formula is C27H28N2O4. The minimum Gasteiger partial charge on any atom is -0.486 e. The molecule has 1 fully saturated rings. The van der Waals surface area contributed by atoms with Gasteiger partial charge in [-0.05, 0) is 47.7 Å². The predicted molar refractivity (Wildman–Crippen MR) is 126 cm³/mol. The molecule has 0 aromatic heterocycles. The van der Waals surface area contributed by atoms with Crippen LogP contribution in [0.2, 0.25) is 0 Å². The quantitative estimate of drug-likeness (QED) is 0.582. The van der Waals surface area contributed by atoms with Gasteiger partial charge in [-0.1, -0.05) is 54.6 Å². The van der Waals surface area contributed by atoms with Crippen molar-refractivity contribution < 1.29 is 19.1 Å². The molecule has 170 valence electrons. The van der Waals surface area contributed by atoms with E-state index in [-0.39, 0.29) is 23.5 Å². The minimum absolute atomic E-state index is 0.0449. The number of hydrogen-bond acceptors (Lipinski definition) is 4. The van der Waals surface area contributed by atoms with Crippen LogP contribution in [-0.4, -0.2) is 36.6 Å². The normalized spacial score (nSPS) is 21.6. The lowest BCUT2D eigenvalue weighted by atomic mass is 9.84. The monoisotopic (exact) mass is 444 g/mol. The molecule has 0 unspecified atom stereocenters. The van der Waals surface area contributed by atoms with Crippen LogP contribution in [0.1, 0.15) is 31.2 Å². The first kappa shape index (κ1) is 21.3. The van der Waals surface area contributed by atoms with E-state index in [9.17, 15) is 9.59 Å². The Morgan fingerprint density at radius 3 is 2.64 bits per heavy atom. The van der Waals surface area contributed by atoms with Gasteiger partial charge in [0.2, 0.25) is 11.8 Å². The number of fused-ring (bicyclic) bond motifs is 2. The first-order chi connectivity index (χ1) is 16.1. The molecule has 5 rings (SSSR count). The molecule has 2 aliphatic heterocycles. The third-order valence-electron chi connectivity index (χ3n) is 6.52. The number of ether oxygens (including phenoxy) is 2. The summed E-state index contributed by atoms with van der Waals surface area (Å²) in [7, 11) is 0. The van der Waals surface area contributed by atoms with Crippen LogP contribution in [-0.2, 0) is 16.0 Å². The van der Waals surface area contributed by atoms with Gasteiger partial charge in [0, 0.05) is 18.4 Å². The van der Waals surface area contributed by atoms with Crippen molar-refractivity contribution >= 4 is 22.6 Å². The molecule has 6 heteroatoms. The van der Waals surface area contributed by atoms with Crippen molar-refractivity contribution in [3.05, 3.63) is 72.3 Å². The fourth-order valence-electron chi connectivity index (χ4n) is 4.75. The molecule has 0 aliphatic carbocycles. The van der Waals surface area contributed by atoms with Crippen molar-refractivity contribution in [3.63, 3.8) is 0 Å². The third-order valence-corrected chi connectivity index (χ3v) is 6.52. The van der Waals surface area contributed by atoms with E-state index in [1.165, 1.54) is 16.3 Å². The zero-order valence-electron chi connectivity index (χ0n) is 18.5. The van der Waals surface area contributed by atoms with E-state index in [1.807, 2.05) is 36.4 Å². The number of amides is 2. The Labute approximate surface area is 193 Å². The van der Waals surface area contributed by atoms with Crippen LogP contribution in [0, 0.1) is 0 Å². The third kappa shape index (κ3) is 4.95. The van der Waals surface area contributed by atoms with Crippen molar-refractivity contribution in [2.75, 3.05) is 13.2 Å². The maximum absolute atomic E-state index is 12.6. The number of carbonyl (C=O) groups excluding carboxylic acids is 2. The van der Waals surface area contributed by atoms with E-state index >= 15 is 0 Å². The van der Waals surface area contributed by atoms with Crippen LogP contribution in [0.4, 0.5) is 0 Å². The summed E-state index contributed by atoms with van der Waals surface area (Å²) < 4.78 is 11.6. The van der Waals surface area contributed by atoms with Gasteiger partial charge in [-0.25, -0.2) is 0 Å². The molecule has 0 radical (unpaired) electrons. The van der Waals surface area contributed by atoms with Gasteiger partial charge in [-0.15, -0.1) is 0 Å². The van der Waals surface area contributed by atoms with Crippen LogP contribution in [0.3, 0.4) is 0 Å². The fraction of sp³-hybridized carbons (Fsp3) is 0.333. The SMILES string of the molecule is O=C(CC[C@]1(Cc2ccc3ccccc3c2)CCC(=O)N1)NC[C@H]1COc2ccccc2O1. The van der Waals surface area contributed by atoms with E-state index in [4.69, 9.17) is 9.47 Å². The van der Waals surface area contributed by atoms with E-state index in [2.05, 4.69) is 41.0 Å². The molecule has 2 amide bonds. The zero-order valence-corrected chi connectivity index (χ0v) is 18.5. The summed E-state index contributed by atoms with van der Waals surface area (Å²) in [6.07, 6.45) is 2.68. The molecule has 2 heterocycles. The number of benzene rings is 3. The molecular weight excluding hydrogens is 416 g/mol. The lowest BCUT2D eigenvalue weighted by Gasteiger charge is -2.30. The smallest absolute Gasteiger partial charge is 0.220 e. The van der Waals surface area contributed by atoms with Gasteiger partial charge < -0.3 is 20.1 Å². The lowest BCUT2D eigenvalue weighted by molar-refractivity contribution is -0.123. The molecule has 6 nitrogen and oxygen atoms in total. The summed E-state index contributed by atoms with van der Waals surface area (Å²) in [5, 5.41) is 8.52. The molecule has 0 spiro atoms. The van der Waals surface area contributed by atoms with E-state index in [0.717, 1.165) is 12.2 Å². The maximum atomic E-state index is 12.6. The lowest BCUT2D eigenvalue weighted by Crippen LogP contribution is -2.45. The Morgan fingerprint density at radius 1 is 1.03 bits per heavy atom. The van der Waals surface area contributed by atoms with Crippen molar-refractivity contribution in [1.29, 1.82) is 0 Å². The first-order valence-electron chi connectivity index (χ1n) is 11.5. The molecule has 3 aromatic carbocycles. The van der Waals surface area contributed by atoms with Crippen LogP contribution >= 0.6 is 0 Å². The van der Waals surface area contributed by atoms with Crippen LogP contribution in [0.15, 0.2) is 66.7 Å². The largest absolute Gasteiger partial charge is 0.486 e. The van der Waals surface area contributed by atoms with E-state index in [0.29, 0.717) is 44.6 Å². The first-order valence-corrected chi connectivity index (χ1v) is 11.5. The minimum atomic E-state index is -0.389. The molecule has 2 atom stereocenters. The van der Waals surface area contributed by atoms with Crippen molar-refractivity contribution in [3.8, 4) is 11.5 Å². The second-order valence-electron chi connectivity index (χ2n) is 8.99. The Hall–Kier alpha value is -3.54. The van der Waals surface area contributed by atoms with E-state index in [1.54, 1.807) is 0 Å². The molecule has 2 N–H and O–H groups in total. The van der Waals surface area contributed by atoms with Gasteiger partial charge in [-0.3, -0.25) is 9.59 Å². The topological polar surface area (TPSA) is 76.7 Å². The Balaban J connectivity index is 1.18. The van der Waals surface area contributed by atoms with Crippen molar-refractivity contribution in [1.82, 2.24) is 10.6 Å². The highest BCUT2D eigenvalue weighted by Crippen LogP contribution is 2.32. The standard InChI is InChI=1S/C27H28N2O4/c30-25(28-17-22-18-32-23-7-3-4-8-24(23)33-22)11-13-27(14-12-26(31)29-27)16-19-9-10-20-5-1-2-6-21(20)15-19/h1-10,15,22H,11-14,16-18H2,(H,28,30)(H,29,31)/t22-,27+/m0/s1. The maximum Gasteiger partial charge on any atom is 0.220 e. The summed E-state index contributed by atoms with van der Waals surface area (Å²) in [4.78, 5) is 24.7. The number of hydrogen-bond donors (Lipinski definition) is 2. The summed E-state index contributed by atoms with van der Waals surface area (Å²) in [5.74, 6) is 1.44. The molecule has 0 bridgehead atoms. The van der Waals surface area contributed by atoms with Gasteiger partial charge in [0.25, 0.3) is 0 Å². The van der Waals surface area contributed by atoms with Crippen molar-refractivity contribution in [2.45, 2.75) is 43.7 Å². The molecule has 2 aliphatic rings.